The Kier molecular flexibility index (Phi) is 8.99. The Morgan fingerprint density at radius 2 is 1.96 bits per heavy atom. The largest absolute Gasteiger partial charge is 0.497 e. The molecule has 1 amide bonds. The third-order valence-electron chi connectivity index (χ3n) is 3.90. The third-order valence-corrected chi connectivity index (χ3v) is 4.98. The van der Waals surface area contributed by atoms with Gasteiger partial charge in [0.25, 0.3) is 0 Å². The SMILES string of the molecule is COCCOCc1[nH]c(=O)nc(SCC(=O)NCc2ccc(OC)cc2)c1C. The molecule has 1 heterocycles. The molecule has 2 N–H and O–H groups in total. The Bertz CT molecular complexity index is 823. The van der Waals surface area contributed by atoms with E-state index in [9.17, 15) is 9.59 Å². The average Bonchev–Trinajstić information content (AvgIpc) is 2.71. The predicted octanol–water partition coefficient (Wildman–Crippen LogP) is 1.66. The zero-order valence-electron chi connectivity index (χ0n) is 16.2. The number of amides is 1. The summed E-state index contributed by atoms with van der Waals surface area (Å²) in [4.78, 5) is 30.6. The summed E-state index contributed by atoms with van der Waals surface area (Å²) in [5.41, 5.74) is 1.96. The molecule has 0 radical (unpaired) electrons. The van der Waals surface area contributed by atoms with Crippen molar-refractivity contribution < 1.29 is 19.0 Å². The van der Waals surface area contributed by atoms with Crippen LogP contribution in [0.4, 0.5) is 0 Å². The number of H-pyrrole nitrogens is 1. The standard InChI is InChI=1S/C19H25N3O5S/c1-13-16(11-27-9-8-25-2)21-19(24)22-18(13)28-12-17(23)20-10-14-4-6-15(26-3)7-5-14/h4-7H,8-12H2,1-3H3,(H,20,23)(H,21,22,24). The molecule has 0 aliphatic heterocycles. The van der Waals surface area contributed by atoms with Crippen molar-refractivity contribution in [3.8, 4) is 5.75 Å². The molecule has 0 aliphatic carbocycles. The second kappa shape index (κ2) is 11.5. The van der Waals surface area contributed by atoms with Gasteiger partial charge in [-0.25, -0.2) is 4.79 Å². The van der Waals surface area contributed by atoms with Gasteiger partial charge in [0.05, 0.1) is 38.4 Å². The van der Waals surface area contributed by atoms with Gasteiger partial charge in [-0.3, -0.25) is 4.79 Å². The van der Waals surface area contributed by atoms with Crippen LogP contribution in [0.15, 0.2) is 34.1 Å². The number of methoxy groups -OCH3 is 2. The van der Waals surface area contributed by atoms with Gasteiger partial charge in [-0.1, -0.05) is 23.9 Å². The highest BCUT2D eigenvalue weighted by atomic mass is 32.2. The molecule has 0 bridgehead atoms. The van der Waals surface area contributed by atoms with Crippen molar-refractivity contribution in [3.63, 3.8) is 0 Å². The minimum Gasteiger partial charge on any atom is -0.497 e. The van der Waals surface area contributed by atoms with Crippen LogP contribution in [0, 0.1) is 6.92 Å². The van der Waals surface area contributed by atoms with Crippen molar-refractivity contribution in [2.75, 3.05) is 33.2 Å². The maximum atomic E-state index is 12.1. The van der Waals surface area contributed by atoms with Crippen LogP contribution in [0.5, 0.6) is 5.75 Å². The topological polar surface area (TPSA) is 103 Å². The van der Waals surface area contributed by atoms with Gasteiger partial charge in [-0.05, 0) is 24.6 Å². The Morgan fingerprint density at radius 1 is 1.21 bits per heavy atom. The first-order valence-corrected chi connectivity index (χ1v) is 9.71. The van der Waals surface area contributed by atoms with Crippen LogP contribution in [0.3, 0.4) is 0 Å². The number of hydrogen-bond donors (Lipinski definition) is 2. The summed E-state index contributed by atoms with van der Waals surface area (Å²) in [7, 11) is 3.20. The fourth-order valence-corrected chi connectivity index (χ4v) is 3.14. The first-order chi connectivity index (χ1) is 13.5. The minimum absolute atomic E-state index is 0.139. The number of aromatic amines is 1. The summed E-state index contributed by atoms with van der Waals surface area (Å²) in [5, 5.41) is 3.37. The molecule has 8 nitrogen and oxygen atoms in total. The molecule has 28 heavy (non-hydrogen) atoms. The van der Waals surface area contributed by atoms with Crippen molar-refractivity contribution in [1.29, 1.82) is 0 Å². The molecule has 9 heteroatoms. The molecule has 0 saturated carbocycles. The number of aromatic nitrogens is 2. The van der Waals surface area contributed by atoms with Crippen molar-refractivity contribution in [1.82, 2.24) is 15.3 Å². The van der Waals surface area contributed by atoms with Gasteiger partial charge in [-0.2, -0.15) is 4.98 Å². The Morgan fingerprint density at radius 3 is 2.64 bits per heavy atom. The highest BCUT2D eigenvalue weighted by Gasteiger charge is 2.11. The van der Waals surface area contributed by atoms with E-state index in [0.29, 0.717) is 30.5 Å². The first-order valence-electron chi connectivity index (χ1n) is 8.72. The summed E-state index contributed by atoms with van der Waals surface area (Å²) in [5.74, 6) is 0.793. The Hall–Kier alpha value is -2.36. The van der Waals surface area contributed by atoms with Gasteiger partial charge < -0.3 is 24.5 Å². The minimum atomic E-state index is -0.461. The van der Waals surface area contributed by atoms with Crippen LogP contribution in [0.1, 0.15) is 16.8 Å². The molecule has 0 saturated heterocycles. The number of nitrogens with one attached hydrogen (secondary N) is 2. The van der Waals surface area contributed by atoms with E-state index in [1.54, 1.807) is 14.2 Å². The molecule has 2 aromatic rings. The van der Waals surface area contributed by atoms with E-state index in [4.69, 9.17) is 14.2 Å². The lowest BCUT2D eigenvalue weighted by Crippen LogP contribution is -2.25. The number of rotatable bonds is 11. The first kappa shape index (κ1) is 21.9. The maximum absolute atomic E-state index is 12.1. The second-order valence-corrected chi connectivity index (χ2v) is 6.87. The van der Waals surface area contributed by atoms with Gasteiger partial charge >= 0.3 is 5.69 Å². The van der Waals surface area contributed by atoms with Crippen molar-refractivity contribution in [3.05, 3.63) is 51.6 Å². The molecule has 1 aromatic heterocycles. The summed E-state index contributed by atoms with van der Waals surface area (Å²) < 4.78 is 15.5. The van der Waals surface area contributed by atoms with Gasteiger partial charge in [0, 0.05) is 19.2 Å². The second-order valence-electron chi connectivity index (χ2n) is 5.91. The van der Waals surface area contributed by atoms with E-state index >= 15 is 0 Å². The molecule has 0 unspecified atom stereocenters. The summed E-state index contributed by atoms with van der Waals surface area (Å²) >= 11 is 1.23. The van der Waals surface area contributed by atoms with Crippen LogP contribution >= 0.6 is 11.8 Å². The molecule has 0 aliphatic rings. The quantitative estimate of drug-likeness (QED) is 0.332. The number of carbonyl (C=O) groups is 1. The van der Waals surface area contributed by atoms with E-state index in [1.165, 1.54) is 11.8 Å². The molecule has 152 valence electrons. The normalized spacial score (nSPS) is 10.7. The average molecular weight is 407 g/mol. The fraction of sp³-hybridized carbons (Fsp3) is 0.421. The summed E-state index contributed by atoms with van der Waals surface area (Å²) in [6.45, 7) is 3.42. The number of benzene rings is 1. The van der Waals surface area contributed by atoms with Gasteiger partial charge in [-0.15, -0.1) is 0 Å². The van der Waals surface area contributed by atoms with Crippen molar-refractivity contribution in [2.24, 2.45) is 0 Å². The molecule has 0 atom stereocenters. The number of nitrogens with zero attached hydrogens (tertiary/aromatic N) is 1. The Balaban J connectivity index is 1.87. The van der Waals surface area contributed by atoms with E-state index in [-0.39, 0.29) is 18.3 Å². The van der Waals surface area contributed by atoms with Gasteiger partial charge in [0.1, 0.15) is 10.8 Å². The fourth-order valence-electron chi connectivity index (χ4n) is 2.29. The van der Waals surface area contributed by atoms with E-state index in [2.05, 4.69) is 15.3 Å². The number of hydrogen-bond acceptors (Lipinski definition) is 7. The zero-order valence-corrected chi connectivity index (χ0v) is 17.1. The van der Waals surface area contributed by atoms with Crippen molar-refractivity contribution in [2.45, 2.75) is 25.1 Å². The van der Waals surface area contributed by atoms with Crippen molar-refractivity contribution >= 4 is 17.7 Å². The molecular formula is C19H25N3O5S. The number of carbonyl (C=O) groups excluding carboxylic acids is 1. The van der Waals surface area contributed by atoms with Crippen LogP contribution in [-0.2, 0) is 27.4 Å². The van der Waals surface area contributed by atoms with Crippen LogP contribution < -0.4 is 15.7 Å². The summed E-state index contributed by atoms with van der Waals surface area (Å²) in [6, 6.07) is 7.47. The molecule has 2 rings (SSSR count). The van der Waals surface area contributed by atoms with Crippen LogP contribution in [0.2, 0.25) is 0 Å². The zero-order chi connectivity index (χ0) is 20.4. The van der Waals surface area contributed by atoms with Crippen LogP contribution in [0.25, 0.3) is 0 Å². The highest BCUT2D eigenvalue weighted by Crippen LogP contribution is 2.20. The van der Waals surface area contributed by atoms with Crippen LogP contribution in [-0.4, -0.2) is 49.1 Å². The smallest absolute Gasteiger partial charge is 0.346 e. The monoisotopic (exact) mass is 407 g/mol. The van der Waals surface area contributed by atoms with E-state index in [1.807, 2.05) is 31.2 Å². The number of ether oxygens (including phenoxy) is 3. The number of thioether (sulfide) groups is 1. The lowest BCUT2D eigenvalue weighted by Gasteiger charge is -2.10. The summed E-state index contributed by atoms with van der Waals surface area (Å²) in [6.07, 6.45) is 0. The molecule has 1 aromatic carbocycles. The lowest BCUT2D eigenvalue weighted by molar-refractivity contribution is -0.118. The molecule has 0 fully saturated rings. The van der Waals surface area contributed by atoms with Gasteiger partial charge in [0.2, 0.25) is 5.91 Å². The highest BCUT2D eigenvalue weighted by molar-refractivity contribution is 7.99. The lowest BCUT2D eigenvalue weighted by atomic mass is 10.2. The molecule has 0 spiro atoms. The van der Waals surface area contributed by atoms with E-state index < -0.39 is 5.69 Å². The third kappa shape index (κ3) is 6.99. The maximum Gasteiger partial charge on any atom is 0.346 e. The molecular weight excluding hydrogens is 382 g/mol. The van der Waals surface area contributed by atoms with Gasteiger partial charge in [0.15, 0.2) is 0 Å². The van der Waals surface area contributed by atoms with E-state index in [0.717, 1.165) is 16.9 Å². The Labute approximate surface area is 168 Å². The predicted molar refractivity (Wildman–Crippen MR) is 107 cm³/mol.